The van der Waals surface area contributed by atoms with Crippen LogP contribution in [0.1, 0.15) is 0 Å². The van der Waals surface area contributed by atoms with Crippen molar-refractivity contribution in [2.45, 2.75) is 65.7 Å². The third kappa shape index (κ3) is 74.8. The standard InChI is InChI=1S/C4H10O3.C3H2Cl2F4O.C3H2F6O.C3H4F4O.C2HCl3O.C2HF3O.Cl2.3FH/c1-5-4(6-2)7-3;4-2(5)10-1(6)3(7,8)9;4-1(3(7,8)9)10-2(5)6;1-8-2(4)3(5,6)7;2*3-2(4,5)1-6;1-2;;;/h4H,1-3H3;2*1-2H;2H,1H3;2*1H;;3*1H. The second kappa shape index (κ2) is 40.4. The fourth-order valence-electron chi connectivity index (χ4n) is 0.757. The number of aldehydes is 2. The predicted octanol–water partition coefficient (Wildman–Crippen LogP) is 10.5. The molecule has 0 spiro atoms. The number of alkyl halides is 22. The molecule has 328 valence electrons. The summed E-state index contributed by atoms with van der Waals surface area (Å²) in [4.78, 5) is 18.1. The third-order valence-corrected chi connectivity index (χ3v) is 2.74. The molecule has 3 unspecified atom stereocenters. The predicted molar refractivity (Wildman–Crippen MR) is 146 cm³/mol. The van der Waals surface area contributed by atoms with Gasteiger partial charge in [-0.15, -0.1) is 0 Å². The zero-order valence-electron chi connectivity index (χ0n) is 24.7. The van der Waals surface area contributed by atoms with E-state index in [-0.39, 0.29) is 20.4 Å². The molecule has 0 fully saturated rings. The monoisotopic (exact) mass is 980 g/mol. The van der Waals surface area contributed by atoms with Crippen LogP contribution in [0.4, 0.5) is 88.8 Å². The Hall–Kier alpha value is -0.270. The van der Waals surface area contributed by atoms with Gasteiger partial charge in [-0.05, 0) is 0 Å². The maximum Gasteiger partial charge on any atom is 0.446 e. The van der Waals surface area contributed by atoms with Crippen molar-refractivity contribution in [2.75, 3.05) is 28.4 Å². The van der Waals surface area contributed by atoms with Gasteiger partial charge in [0.15, 0.2) is 6.29 Å². The van der Waals surface area contributed by atoms with Gasteiger partial charge in [-0.3, -0.25) is 28.4 Å². The number of ether oxygens (including phenoxy) is 6. The summed E-state index contributed by atoms with van der Waals surface area (Å²) in [5, 5.41) is -1.81. The fourth-order valence-corrected chi connectivity index (χ4v) is 0.938. The highest BCUT2D eigenvalue weighted by Crippen LogP contribution is 2.27. The van der Waals surface area contributed by atoms with Crippen molar-refractivity contribution >= 4 is 92.3 Å². The molecule has 0 bridgehead atoms. The zero-order valence-corrected chi connectivity index (χ0v) is 30.0. The van der Waals surface area contributed by atoms with Crippen molar-refractivity contribution in [1.82, 2.24) is 0 Å². The van der Waals surface area contributed by atoms with Crippen molar-refractivity contribution in [3.8, 4) is 0 Å². The van der Waals surface area contributed by atoms with Crippen molar-refractivity contribution < 1.29 is 127 Å². The molecule has 0 rings (SSSR count). The van der Waals surface area contributed by atoms with Crippen LogP contribution in [0.25, 0.3) is 0 Å². The SMILES string of the molecule is COC(F)C(F)(F)F.COC(OC)OC.ClCl.F.F.F.FC(F)OC(F)C(F)(F)F.FC(OC(Cl)Cl)C(F)(F)F.O=CC(Cl)(Cl)Cl.O=CC(F)(F)F. The highest BCUT2D eigenvalue weighted by atomic mass is 36.5. The number of methoxy groups -OCH3 is 4. The van der Waals surface area contributed by atoms with Gasteiger partial charge in [0.1, 0.15) is 0 Å². The summed E-state index contributed by atoms with van der Waals surface area (Å²) in [5.74, 6) is 0. The molecule has 8 nitrogen and oxygen atoms in total. The van der Waals surface area contributed by atoms with Crippen molar-refractivity contribution in [2.24, 2.45) is 0 Å². The smallest absolute Gasteiger partial charge is 0.345 e. The van der Waals surface area contributed by atoms with E-state index in [1.165, 1.54) is 21.3 Å². The number of carbonyl (C=O) groups excluding carboxylic acids is 2. The van der Waals surface area contributed by atoms with Crippen LogP contribution in [0.2, 0.25) is 0 Å². The topological polar surface area (TPSA) is 89.5 Å². The van der Waals surface area contributed by atoms with Crippen LogP contribution in [0.15, 0.2) is 0 Å². The van der Waals surface area contributed by atoms with E-state index in [4.69, 9.17) is 39.6 Å². The van der Waals surface area contributed by atoms with Gasteiger partial charge >= 0.3 is 31.3 Å². The van der Waals surface area contributed by atoms with Crippen LogP contribution in [0, 0.1) is 0 Å². The van der Waals surface area contributed by atoms with Crippen LogP contribution in [0.3, 0.4) is 0 Å². The second-order valence-corrected chi connectivity index (χ2v) is 9.30. The Morgan fingerprint density at radius 3 is 0.769 bits per heavy atom. The maximum absolute atomic E-state index is 11.6. The van der Waals surface area contributed by atoms with E-state index in [0.29, 0.717) is 7.11 Å². The number of halogens is 27. The molecule has 0 N–H and O–H groups in total. The van der Waals surface area contributed by atoms with E-state index in [0.717, 1.165) is 0 Å². The van der Waals surface area contributed by atoms with Crippen LogP contribution >= 0.6 is 79.7 Å². The minimum atomic E-state index is -5.38. The summed E-state index contributed by atoms with van der Waals surface area (Å²) in [6, 6.07) is 0. The van der Waals surface area contributed by atoms with Crippen LogP contribution in [-0.4, -0.2) is 107 Å². The quantitative estimate of drug-likeness (QED) is 0.103. The molecule has 0 aromatic rings. The molecule has 0 aromatic carbocycles. The van der Waals surface area contributed by atoms with Crippen LogP contribution in [-0.2, 0) is 38.0 Å². The Morgan fingerprint density at radius 1 is 0.500 bits per heavy atom. The van der Waals surface area contributed by atoms with Crippen molar-refractivity contribution in [3.63, 3.8) is 0 Å². The summed E-state index contributed by atoms with van der Waals surface area (Å²) in [6.45, 7) is -4.27. The van der Waals surface area contributed by atoms with E-state index >= 15 is 0 Å². The van der Waals surface area contributed by atoms with E-state index in [1.807, 2.05) is 0 Å². The third-order valence-electron chi connectivity index (χ3n) is 2.27. The first kappa shape index (κ1) is 76.4. The molecule has 52 heavy (non-hydrogen) atoms. The first-order valence-electron chi connectivity index (χ1n) is 9.94. The van der Waals surface area contributed by atoms with Crippen LogP contribution < -0.4 is 0 Å². The molecule has 0 aliphatic carbocycles. The fraction of sp³-hybridized carbons (Fsp3) is 0.882. The van der Waals surface area contributed by atoms with Gasteiger partial charge in [-0.25, -0.2) is 13.2 Å². The molecule has 3 atom stereocenters. The normalized spacial score (nSPS) is 12.7. The first-order chi connectivity index (χ1) is 21.6. The van der Waals surface area contributed by atoms with E-state index < -0.39 is 72.0 Å². The van der Waals surface area contributed by atoms with Gasteiger partial charge < -0.3 is 23.7 Å². The highest BCUT2D eigenvalue weighted by Gasteiger charge is 2.43. The molecule has 0 aliphatic rings. The summed E-state index contributed by atoms with van der Waals surface area (Å²) in [6.07, 6.45) is -31.3. The van der Waals surface area contributed by atoms with Gasteiger partial charge in [0.2, 0.25) is 15.1 Å². The minimum Gasteiger partial charge on any atom is -0.345 e. The molecule has 0 saturated heterocycles. The molecule has 0 heterocycles. The number of carbonyl (C=O) groups is 2. The highest BCUT2D eigenvalue weighted by molar-refractivity contribution is 6.85. The maximum atomic E-state index is 11.6. The molecule has 35 heteroatoms. The van der Waals surface area contributed by atoms with Gasteiger partial charge in [-0.2, -0.15) is 61.5 Å². The Kier molecular flexibility index (Phi) is 59.4. The Morgan fingerprint density at radius 2 is 0.731 bits per heavy atom. The van der Waals surface area contributed by atoms with Gasteiger partial charge in [0.25, 0.3) is 25.5 Å². The van der Waals surface area contributed by atoms with Crippen molar-refractivity contribution in [1.29, 1.82) is 0 Å². The lowest BCUT2D eigenvalue weighted by atomic mass is 10.7. The lowest BCUT2D eigenvalue weighted by molar-refractivity contribution is -0.312. The van der Waals surface area contributed by atoms with E-state index in [9.17, 15) is 79.4 Å². The molecular formula is C17H23Cl7F20O8. The number of hydrogen-bond acceptors (Lipinski definition) is 8. The van der Waals surface area contributed by atoms with Gasteiger partial charge in [-0.1, -0.05) is 58.0 Å². The summed E-state index contributed by atoms with van der Waals surface area (Å²) >= 11 is 24.0. The van der Waals surface area contributed by atoms with Gasteiger partial charge in [0, 0.05) is 50.1 Å². The molecule has 0 aliphatic heterocycles. The second-order valence-electron chi connectivity index (χ2n) is 5.92. The largest absolute Gasteiger partial charge is 0.446 e. The molecule has 0 amide bonds. The average Bonchev–Trinajstić information content (AvgIpc) is 2.93. The molecular weight excluding hydrogens is 960 g/mol. The number of hydrogen-bond donors (Lipinski definition) is 0. The summed E-state index contributed by atoms with van der Waals surface area (Å²) < 4.78 is 208. The van der Waals surface area contributed by atoms with E-state index in [1.54, 1.807) is 0 Å². The Bertz CT molecular complexity index is 697. The Balaban J connectivity index is -0.0000000503. The first-order valence-corrected chi connectivity index (χ1v) is 13.1. The van der Waals surface area contributed by atoms with E-state index in [2.05, 4.69) is 73.3 Å². The lowest BCUT2D eigenvalue weighted by Gasteiger charge is -2.12. The zero-order chi connectivity index (χ0) is 41.6. The van der Waals surface area contributed by atoms with Crippen LogP contribution in [0.5, 0.6) is 0 Å². The number of rotatable bonds is 8. The molecule has 0 aromatic heterocycles. The van der Waals surface area contributed by atoms with Crippen molar-refractivity contribution in [3.05, 3.63) is 0 Å². The summed E-state index contributed by atoms with van der Waals surface area (Å²) in [5.41, 5.74) is 0. The summed E-state index contributed by atoms with van der Waals surface area (Å²) in [7, 11) is 13.4. The molecule has 0 saturated carbocycles. The average molecular weight is 983 g/mol. The lowest BCUT2D eigenvalue weighted by Crippen LogP contribution is -2.28. The minimum absolute atomic E-state index is 0. The van der Waals surface area contributed by atoms with Gasteiger partial charge in [0.05, 0.1) is 0 Å². The molecule has 0 radical (unpaired) electrons. The Labute approximate surface area is 312 Å².